The van der Waals surface area contributed by atoms with Crippen molar-refractivity contribution < 1.29 is 9.18 Å². The van der Waals surface area contributed by atoms with Crippen LogP contribution in [0, 0.1) is 11.3 Å². The van der Waals surface area contributed by atoms with E-state index < -0.39 is 11.6 Å². The normalized spacial score (nSPS) is 9.14. The van der Waals surface area contributed by atoms with Crippen molar-refractivity contribution in [3.05, 3.63) is 42.0 Å². The predicted octanol–water partition coefficient (Wildman–Crippen LogP) is 2.26. The molecule has 0 aliphatic heterocycles. The highest BCUT2D eigenvalue weighted by atomic mass is 19.1. The van der Waals surface area contributed by atoms with Crippen molar-refractivity contribution in [3.8, 4) is 6.07 Å². The fourth-order valence-corrected chi connectivity index (χ4v) is 1.07. The van der Waals surface area contributed by atoms with E-state index in [0.717, 1.165) is 0 Å². The topological polar surface area (TPSA) is 40.9 Å². The molecule has 0 spiro atoms. The van der Waals surface area contributed by atoms with Crippen LogP contribution in [0.3, 0.4) is 0 Å². The standard InChI is InChI=1S/C11H8FNO/c1-8(12)10-4-2-3-9(5-10)6-11(14)7-13/h2-5H,1,6H2. The maximum atomic E-state index is 12.7. The molecule has 0 saturated heterocycles. The SMILES string of the molecule is C=C(F)c1cccc(CC(=O)C#N)c1. The smallest absolute Gasteiger partial charge is 0.236 e. The van der Waals surface area contributed by atoms with Crippen molar-refractivity contribution in [3.63, 3.8) is 0 Å². The van der Waals surface area contributed by atoms with Crippen LogP contribution in [-0.4, -0.2) is 5.78 Å². The number of hydrogen-bond donors (Lipinski definition) is 0. The van der Waals surface area contributed by atoms with Crippen molar-refractivity contribution in [2.75, 3.05) is 0 Å². The van der Waals surface area contributed by atoms with E-state index in [1.54, 1.807) is 18.2 Å². The Bertz CT molecular complexity index is 418. The first kappa shape index (κ1) is 10.1. The lowest BCUT2D eigenvalue weighted by molar-refractivity contribution is -0.113. The van der Waals surface area contributed by atoms with Crippen molar-refractivity contribution in [1.29, 1.82) is 5.26 Å². The molecule has 0 aliphatic rings. The van der Waals surface area contributed by atoms with E-state index in [1.807, 2.05) is 0 Å². The number of nitrogens with zero attached hydrogens (tertiary/aromatic N) is 1. The Balaban J connectivity index is 2.90. The van der Waals surface area contributed by atoms with E-state index in [1.165, 1.54) is 12.1 Å². The second-order valence-corrected chi connectivity index (χ2v) is 2.82. The van der Waals surface area contributed by atoms with Crippen LogP contribution in [-0.2, 0) is 11.2 Å². The van der Waals surface area contributed by atoms with Crippen molar-refractivity contribution >= 4 is 11.6 Å². The molecule has 70 valence electrons. The summed E-state index contributed by atoms with van der Waals surface area (Å²) in [4.78, 5) is 10.8. The van der Waals surface area contributed by atoms with Crippen LogP contribution in [0.15, 0.2) is 30.8 Å². The Kier molecular flexibility index (Phi) is 3.14. The average molecular weight is 189 g/mol. The number of nitriles is 1. The highest BCUT2D eigenvalue weighted by molar-refractivity contribution is 5.94. The number of hydrogen-bond acceptors (Lipinski definition) is 2. The third kappa shape index (κ3) is 2.53. The van der Waals surface area contributed by atoms with E-state index in [9.17, 15) is 9.18 Å². The van der Waals surface area contributed by atoms with E-state index in [0.29, 0.717) is 11.1 Å². The van der Waals surface area contributed by atoms with Gasteiger partial charge in [-0.2, -0.15) is 5.26 Å². The van der Waals surface area contributed by atoms with Crippen molar-refractivity contribution in [2.24, 2.45) is 0 Å². The van der Waals surface area contributed by atoms with Gasteiger partial charge in [-0.05, 0) is 11.6 Å². The van der Waals surface area contributed by atoms with Crippen LogP contribution >= 0.6 is 0 Å². The van der Waals surface area contributed by atoms with Gasteiger partial charge in [-0.25, -0.2) is 4.39 Å². The van der Waals surface area contributed by atoms with E-state index >= 15 is 0 Å². The summed E-state index contributed by atoms with van der Waals surface area (Å²) in [5.41, 5.74) is 0.959. The summed E-state index contributed by atoms with van der Waals surface area (Å²) < 4.78 is 12.7. The molecular weight excluding hydrogens is 181 g/mol. The zero-order chi connectivity index (χ0) is 10.6. The largest absolute Gasteiger partial charge is 0.282 e. The van der Waals surface area contributed by atoms with Crippen molar-refractivity contribution in [1.82, 2.24) is 0 Å². The van der Waals surface area contributed by atoms with E-state index in [2.05, 4.69) is 6.58 Å². The minimum absolute atomic E-state index is 0.0115. The van der Waals surface area contributed by atoms with Crippen LogP contribution < -0.4 is 0 Å². The molecule has 0 bridgehead atoms. The third-order valence-corrected chi connectivity index (χ3v) is 1.73. The highest BCUT2D eigenvalue weighted by Gasteiger charge is 2.03. The van der Waals surface area contributed by atoms with Crippen LogP contribution in [0.25, 0.3) is 5.83 Å². The number of rotatable bonds is 3. The summed E-state index contributed by atoms with van der Waals surface area (Å²) in [6.45, 7) is 3.15. The number of benzene rings is 1. The average Bonchev–Trinajstić information content (AvgIpc) is 2.18. The van der Waals surface area contributed by atoms with Gasteiger partial charge in [-0.1, -0.05) is 24.8 Å². The molecule has 14 heavy (non-hydrogen) atoms. The maximum absolute atomic E-state index is 12.7. The summed E-state index contributed by atoms with van der Waals surface area (Å²) in [7, 11) is 0. The molecule has 0 unspecified atom stereocenters. The Morgan fingerprint density at radius 2 is 2.29 bits per heavy atom. The number of ketones is 1. The zero-order valence-corrected chi connectivity index (χ0v) is 7.46. The fourth-order valence-electron chi connectivity index (χ4n) is 1.07. The molecular formula is C11H8FNO. The number of halogens is 1. The van der Waals surface area contributed by atoms with Gasteiger partial charge in [0.1, 0.15) is 11.9 Å². The van der Waals surface area contributed by atoms with E-state index in [-0.39, 0.29) is 6.42 Å². The van der Waals surface area contributed by atoms with Gasteiger partial charge in [0.2, 0.25) is 5.78 Å². The molecule has 0 fully saturated rings. The van der Waals surface area contributed by atoms with Gasteiger partial charge in [-0.3, -0.25) is 4.79 Å². The molecule has 1 aromatic rings. The Morgan fingerprint density at radius 3 is 2.86 bits per heavy atom. The number of carbonyl (C=O) groups is 1. The zero-order valence-electron chi connectivity index (χ0n) is 7.46. The second kappa shape index (κ2) is 4.33. The molecule has 0 atom stereocenters. The quantitative estimate of drug-likeness (QED) is 0.684. The van der Waals surface area contributed by atoms with Crippen LogP contribution in [0.2, 0.25) is 0 Å². The van der Waals surface area contributed by atoms with Gasteiger partial charge < -0.3 is 0 Å². The minimum Gasteiger partial charge on any atom is -0.282 e. The van der Waals surface area contributed by atoms with Gasteiger partial charge in [0.25, 0.3) is 0 Å². The van der Waals surface area contributed by atoms with Gasteiger partial charge in [0.15, 0.2) is 0 Å². The molecule has 0 aliphatic carbocycles. The first-order valence-electron chi connectivity index (χ1n) is 4.00. The molecule has 1 rings (SSSR count). The Morgan fingerprint density at radius 1 is 1.57 bits per heavy atom. The second-order valence-electron chi connectivity index (χ2n) is 2.82. The summed E-state index contributed by atoms with van der Waals surface area (Å²) >= 11 is 0. The summed E-state index contributed by atoms with van der Waals surface area (Å²) in [6, 6.07) is 7.87. The number of Topliss-reactive ketones (excluding diaryl/α,β-unsaturated/α-hetero) is 1. The molecule has 2 nitrogen and oxygen atoms in total. The summed E-state index contributed by atoms with van der Waals surface area (Å²) in [5, 5.41) is 8.28. The van der Waals surface area contributed by atoms with Crippen LogP contribution in [0.4, 0.5) is 4.39 Å². The minimum atomic E-state index is -0.545. The van der Waals surface area contributed by atoms with Gasteiger partial charge in [0.05, 0.1) is 0 Å². The van der Waals surface area contributed by atoms with Gasteiger partial charge >= 0.3 is 0 Å². The van der Waals surface area contributed by atoms with Gasteiger partial charge in [0, 0.05) is 12.0 Å². The highest BCUT2D eigenvalue weighted by Crippen LogP contribution is 2.15. The van der Waals surface area contributed by atoms with Crippen molar-refractivity contribution in [2.45, 2.75) is 6.42 Å². The number of carbonyl (C=O) groups excluding carboxylic acids is 1. The fraction of sp³-hybridized carbons (Fsp3) is 0.0909. The first-order chi connectivity index (χ1) is 6.63. The molecule has 1 aromatic carbocycles. The lowest BCUT2D eigenvalue weighted by Crippen LogP contribution is -1.98. The summed E-state index contributed by atoms with van der Waals surface area (Å²) in [5.74, 6) is -1.08. The van der Waals surface area contributed by atoms with Crippen LogP contribution in [0.1, 0.15) is 11.1 Å². The molecule has 0 radical (unpaired) electrons. The molecule has 0 aromatic heterocycles. The summed E-state index contributed by atoms with van der Waals surface area (Å²) in [6.07, 6.45) is 0.0115. The predicted molar refractivity (Wildman–Crippen MR) is 50.9 cm³/mol. The third-order valence-electron chi connectivity index (χ3n) is 1.73. The monoisotopic (exact) mass is 189 g/mol. The Labute approximate surface area is 81.3 Å². The molecule has 3 heteroatoms. The maximum Gasteiger partial charge on any atom is 0.236 e. The Hall–Kier alpha value is -1.95. The lowest BCUT2D eigenvalue weighted by Gasteiger charge is -1.99. The lowest BCUT2D eigenvalue weighted by atomic mass is 10.1. The first-order valence-corrected chi connectivity index (χ1v) is 4.00. The molecule has 0 heterocycles. The molecule has 0 N–H and O–H groups in total. The van der Waals surface area contributed by atoms with Crippen LogP contribution in [0.5, 0.6) is 0 Å². The van der Waals surface area contributed by atoms with Gasteiger partial charge in [-0.15, -0.1) is 0 Å². The molecule has 0 saturated carbocycles. The molecule has 0 amide bonds. The van der Waals surface area contributed by atoms with E-state index in [4.69, 9.17) is 5.26 Å².